The molecule has 1 N–H and O–H groups in total. The standard InChI is InChI=1S/C10H11NO5/c1-2-5-16-10(13)7-3-4-9(12)8(6-7)11(14)15/h3-4,6,12H,2,5H2,1H3. The number of carbonyl (C=O) groups is 1. The van der Waals surface area contributed by atoms with Gasteiger partial charge in [-0.25, -0.2) is 4.79 Å². The smallest absolute Gasteiger partial charge is 0.338 e. The van der Waals surface area contributed by atoms with Crippen LogP contribution in [0.5, 0.6) is 5.75 Å². The van der Waals surface area contributed by atoms with Crippen LogP contribution < -0.4 is 0 Å². The van der Waals surface area contributed by atoms with Gasteiger partial charge in [0.25, 0.3) is 0 Å². The van der Waals surface area contributed by atoms with Crippen LogP contribution in [0.1, 0.15) is 23.7 Å². The molecule has 86 valence electrons. The fraction of sp³-hybridized carbons (Fsp3) is 0.300. The number of ether oxygens (including phenoxy) is 1. The van der Waals surface area contributed by atoms with Gasteiger partial charge in [-0.1, -0.05) is 6.92 Å². The summed E-state index contributed by atoms with van der Waals surface area (Å²) in [6.07, 6.45) is 0.673. The molecule has 0 aromatic heterocycles. The summed E-state index contributed by atoms with van der Waals surface area (Å²) in [7, 11) is 0. The molecule has 6 nitrogen and oxygen atoms in total. The number of rotatable bonds is 4. The number of phenols is 1. The minimum absolute atomic E-state index is 0.0537. The van der Waals surface area contributed by atoms with E-state index in [1.54, 1.807) is 0 Å². The van der Waals surface area contributed by atoms with Gasteiger partial charge < -0.3 is 9.84 Å². The first kappa shape index (κ1) is 12.0. The van der Waals surface area contributed by atoms with Crippen molar-refractivity contribution in [3.8, 4) is 5.75 Å². The number of esters is 1. The third-order valence-electron chi connectivity index (χ3n) is 1.85. The number of benzene rings is 1. The average Bonchev–Trinajstić information content (AvgIpc) is 2.26. The molecule has 0 aliphatic heterocycles. The molecule has 0 atom stereocenters. The monoisotopic (exact) mass is 225 g/mol. The lowest BCUT2D eigenvalue weighted by atomic mass is 10.2. The van der Waals surface area contributed by atoms with Crippen molar-refractivity contribution in [3.05, 3.63) is 33.9 Å². The highest BCUT2D eigenvalue weighted by molar-refractivity contribution is 5.90. The van der Waals surface area contributed by atoms with Crippen molar-refractivity contribution >= 4 is 11.7 Å². The predicted octanol–water partition coefficient (Wildman–Crippen LogP) is 1.87. The Kier molecular flexibility index (Phi) is 3.82. The maximum atomic E-state index is 11.4. The zero-order valence-corrected chi connectivity index (χ0v) is 8.67. The summed E-state index contributed by atoms with van der Waals surface area (Å²) in [6.45, 7) is 2.10. The number of hydrogen-bond acceptors (Lipinski definition) is 5. The Balaban J connectivity index is 2.94. The molecule has 0 saturated heterocycles. The van der Waals surface area contributed by atoms with Gasteiger partial charge in [-0.3, -0.25) is 10.1 Å². The maximum Gasteiger partial charge on any atom is 0.338 e. The summed E-state index contributed by atoms with van der Waals surface area (Å²) in [5, 5.41) is 19.7. The van der Waals surface area contributed by atoms with Crippen molar-refractivity contribution in [1.82, 2.24) is 0 Å². The van der Waals surface area contributed by atoms with Gasteiger partial charge in [0.15, 0.2) is 5.75 Å². The molecule has 1 aromatic rings. The number of nitro benzene ring substituents is 1. The molecule has 1 aromatic carbocycles. The molecule has 0 heterocycles. The number of hydrogen-bond donors (Lipinski definition) is 1. The Morgan fingerprint density at radius 2 is 2.25 bits per heavy atom. The first-order valence-corrected chi connectivity index (χ1v) is 4.70. The highest BCUT2D eigenvalue weighted by Gasteiger charge is 2.17. The fourth-order valence-corrected chi connectivity index (χ4v) is 1.07. The van der Waals surface area contributed by atoms with Crippen LogP contribution in [0.15, 0.2) is 18.2 Å². The molecule has 0 spiro atoms. The van der Waals surface area contributed by atoms with Gasteiger partial charge in [0.2, 0.25) is 0 Å². The summed E-state index contributed by atoms with van der Waals surface area (Å²) in [6, 6.07) is 3.37. The molecule has 1 rings (SSSR count). The highest BCUT2D eigenvalue weighted by Crippen LogP contribution is 2.26. The van der Waals surface area contributed by atoms with E-state index in [1.165, 1.54) is 6.07 Å². The maximum absolute atomic E-state index is 11.4. The lowest BCUT2D eigenvalue weighted by Gasteiger charge is -2.03. The van der Waals surface area contributed by atoms with E-state index >= 15 is 0 Å². The summed E-state index contributed by atoms with van der Waals surface area (Å²) < 4.78 is 4.81. The molecule has 0 aliphatic carbocycles. The van der Waals surface area contributed by atoms with Crippen LogP contribution in [0.3, 0.4) is 0 Å². The van der Waals surface area contributed by atoms with Gasteiger partial charge in [-0.2, -0.15) is 0 Å². The Hall–Kier alpha value is -2.11. The molecule has 0 amide bonds. The third kappa shape index (κ3) is 2.69. The Morgan fingerprint density at radius 1 is 1.56 bits per heavy atom. The average molecular weight is 225 g/mol. The zero-order chi connectivity index (χ0) is 12.1. The van der Waals surface area contributed by atoms with E-state index in [0.717, 1.165) is 12.1 Å². The van der Waals surface area contributed by atoms with E-state index in [0.29, 0.717) is 6.42 Å². The van der Waals surface area contributed by atoms with E-state index < -0.39 is 22.3 Å². The van der Waals surface area contributed by atoms with Crippen molar-refractivity contribution in [2.24, 2.45) is 0 Å². The molecule has 0 fully saturated rings. The normalized spacial score (nSPS) is 9.81. The van der Waals surface area contributed by atoms with Crippen molar-refractivity contribution in [2.45, 2.75) is 13.3 Å². The second-order valence-corrected chi connectivity index (χ2v) is 3.10. The quantitative estimate of drug-likeness (QED) is 0.480. The van der Waals surface area contributed by atoms with Crippen LogP contribution in [-0.4, -0.2) is 22.6 Å². The molecule has 0 aliphatic rings. The number of nitro groups is 1. The molecule has 0 bridgehead atoms. The highest BCUT2D eigenvalue weighted by atomic mass is 16.6. The van der Waals surface area contributed by atoms with Crippen molar-refractivity contribution in [3.63, 3.8) is 0 Å². The molecule has 16 heavy (non-hydrogen) atoms. The van der Waals surface area contributed by atoms with Gasteiger partial charge in [0, 0.05) is 6.07 Å². The topological polar surface area (TPSA) is 89.7 Å². The van der Waals surface area contributed by atoms with Crippen LogP contribution in [-0.2, 0) is 4.74 Å². The SMILES string of the molecule is CCCOC(=O)c1ccc(O)c([N+](=O)[O-])c1. The Bertz CT molecular complexity index is 416. The minimum Gasteiger partial charge on any atom is -0.502 e. The summed E-state index contributed by atoms with van der Waals surface area (Å²) in [4.78, 5) is 21.1. The Morgan fingerprint density at radius 3 is 2.81 bits per heavy atom. The Labute approximate surface area is 91.6 Å². The van der Waals surface area contributed by atoms with Gasteiger partial charge in [-0.15, -0.1) is 0 Å². The second-order valence-electron chi connectivity index (χ2n) is 3.10. The lowest BCUT2D eigenvalue weighted by molar-refractivity contribution is -0.385. The lowest BCUT2D eigenvalue weighted by Crippen LogP contribution is -2.06. The molecule has 0 unspecified atom stereocenters. The predicted molar refractivity (Wildman–Crippen MR) is 55.3 cm³/mol. The minimum atomic E-state index is -0.758. The van der Waals surface area contributed by atoms with E-state index in [9.17, 15) is 14.9 Å². The van der Waals surface area contributed by atoms with Crippen LogP contribution >= 0.6 is 0 Å². The number of nitrogens with zero attached hydrogens (tertiary/aromatic N) is 1. The largest absolute Gasteiger partial charge is 0.502 e. The number of aromatic hydroxyl groups is 1. The number of phenolic OH excluding ortho intramolecular Hbond substituents is 1. The van der Waals surface area contributed by atoms with Crippen LogP contribution in [0.4, 0.5) is 5.69 Å². The van der Waals surface area contributed by atoms with Crippen LogP contribution in [0.25, 0.3) is 0 Å². The molecular formula is C10H11NO5. The molecule has 0 radical (unpaired) electrons. The summed E-state index contributed by atoms with van der Waals surface area (Å²) >= 11 is 0. The van der Waals surface area contributed by atoms with E-state index in [4.69, 9.17) is 9.84 Å². The van der Waals surface area contributed by atoms with Gasteiger partial charge in [0.1, 0.15) is 0 Å². The number of carbonyl (C=O) groups excluding carboxylic acids is 1. The molecular weight excluding hydrogens is 214 g/mol. The van der Waals surface area contributed by atoms with E-state index in [1.807, 2.05) is 6.92 Å². The molecule has 6 heteroatoms. The first-order valence-electron chi connectivity index (χ1n) is 4.70. The molecule has 0 saturated carbocycles. The van der Waals surface area contributed by atoms with E-state index in [2.05, 4.69) is 0 Å². The summed E-state index contributed by atoms with van der Waals surface area (Å²) in [5.41, 5.74) is -0.455. The van der Waals surface area contributed by atoms with Crippen molar-refractivity contribution in [2.75, 3.05) is 6.61 Å². The van der Waals surface area contributed by atoms with Crippen molar-refractivity contribution in [1.29, 1.82) is 0 Å². The van der Waals surface area contributed by atoms with Gasteiger partial charge in [-0.05, 0) is 18.6 Å². The van der Waals surface area contributed by atoms with Crippen molar-refractivity contribution < 1.29 is 19.6 Å². The second kappa shape index (κ2) is 5.11. The fourth-order valence-electron chi connectivity index (χ4n) is 1.07. The van der Waals surface area contributed by atoms with Gasteiger partial charge >= 0.3 is 11.7 Å². The van der Waals surface area contributed by atoms with E-state index in [-0.39, 0.29) is 12.2 Å². The van der Waals surface area contributed by atoms with Crippen LogP contribution in [0, 0.1) is 10.1 Å². The summed E-state index contributed by atoms with van der Waals surface area (Å²) in [5.74, 6) is -1.11. The van der Waals surface area contributed by atoms with Crippen LogP contribution in [0.2, 0.25) is 0 Å². The van der Waals surface area contributed by atoms with Gasteiger partial charge in [0.05, 0.1) is 17.1 Å². The third-order valence-corrected chi connectivity index (χ3v) is 1.85. The zero-order valence-electron chi connectivity index (χ0n) is 8.67. The first-order chi connectivity index (χ1) is 7.56.